The molecule has 1 aliphatic rings. The van der Waals surface area contributed by atoms with E-state index < -0.39 is 9.84 Å². The maximum atomic E-state index is 11.1. The molecule has 4 nitrogen and oxygen atoms in total. The van der Waals surface area contributed by atoms with Crippen molar-refractivity contribution in [1.82, 2.24) is 5.32 Å². The Bertz CT molecular complexity index is 323. The van der Waals surface area contributed by atoms with E-state index in [2.05, 4.69) is 5.32 Å². The highest BCUT2D eigenvalue weighted by Gasteiger charge is 2.30. The molecule has 0 heterocycles. The molecule has 18 heavy (non-hydrogen) atoms. The molecule has 0 aromatic heterocycles. The van der Waals surface area contributed by atoms with Crippen molar-refractivity contribution in [1.29, 1.82) is 0 Å². The Morgan fingerprint density at radius 1 is 1.39 bits per heavy atom. The number of nitrogens with one attached hydrogen (secondary N) is 1. The summed E-state index contributed by atoms with van der Waals surface area (Å²) in [5.41, 5.74) is 0. The van der Waals surface area contributed by atoms with Crippen LogP contribution in [0.25, 0.3) is 0 Å². The first-order valence-electron chi connectivity index (χ1n) is 6.91. The number of ether oxygens (including phenoxy) is 1. The largest absolute Gasteiger partial charge is 0.378 e. The summed E-state index contributed by atoms with van der Waals surface area (Å²) < 4.78 is 27.7. The molecule has 0 aromatic rings. The second-order valence-electron chi connectivity index (χ2n) is 5.41. The summed E-state index contributed by atoms with van der Waals surface area (Å²) in [5, 5.41) is 3.30. The van der Waals surface area contributed by atoms with Crippen LogP contribution in [0.3, 0.4) is 0 Å². The zero-order valence-electron chi connectivity index (χ0n) is 11.8. The van der Waals surface area contributed by atoms with Crippen molar-refractivity contribution in [3.05, 3.63) is 0 Å². The van der Waals surface area contributed by atoms with Gasteiger partial charge in [0.15, 0.2) is 0 Å². The third-order valence-corrected chi connectivity index (χ3v) is 4.72. The van der Waals surface area contributed by atoms with Crippen LogP contribution in [0.1, 0.15) is 39.0 Å². The van der Waals surface area contributed by atoms with Crippen LogP contribution in [0.4, 0.5) is 0 Å². The summed E-state index contributed by atoms with van der Waals surface area (Å²) in [6.45, 7) is 2.84. The molecule has 0 aliphatic heterocycles. The van der Waals surface area contributed by atoms with E-state index in [1.807, 2.05) is 14.0 Å². The lowest BCUT2D eigenvalue weighted by Crippen LogP contribution is -2.37. The lowest BCUT2D eigenvalue weighted by Gasteiger charge is -2.37. The van der Waals surface area contributed by atoms with Crippen LogP contribution in [0, 0.1) is 5.92 Å². The van der Waals surface area contributed by atoms with E-state index in [0.717, 1.165) is 44.6 Å². The lowest BCUT2D eigenvalue weighted by molar-refractivity contribution is -0.0290. The average molecular weight is 277 g/mol. The second kappa shape index (κ2) is 7.46. The lowest BCUT2D eigenvalue weighted by atomic mass is 9.77. The fourth-order valence-corrected chi connectivity index (χ4v) is 3.30. The summed E-state index contributed by atoms with van der Waals surface area (Å²) in [7, 11) is -0.850. The summed E-state index contributed by atoms with van der Waals surface area (Å²) in [5.74, 6) is 1.05. The first-order chi connectivity index (χ1) is 8.44. The number of hydrogen-bond donors (Lipinski definition) is 1. The molecular formula is C13H27NO3S. The van der Waals surface area contributed by atoms with E-state index in [-0.39, 0.29) is 0 Å². The molecule has 1 N–H and O–H groups in total. The highest BCUT2D eigenvalue weighted by molar-refractivity contribution is 7.90. The van der Waals surface area contributed by atoms with Gasteiger partial charge in [0.05, 0.1) is 6.10 Å². The van der Waals surface area contributed by atoms with Gasteiger partial charge in [0, 0.05) is 24.7 Å². The number of rotatable bonds is 9. The van der Waals surface area contributed by atoms with Gasteiger partial charge in [-0.3, -0.25) is 0 Å². The third-order valence-electron chi connectivity index (χ3n) is 3.69. The molecule has 108 valence electrons. The van der Waals surface area contributed by atoms with Crippen LogP contribution >= 0.6 is 0 Å². The Morgan fingerprint density at radius 3 is 2.56 bits per heavy atom. The maximum Gasteiger partial charge on any atom is 0.147 e. The Morgan fingerprint density at radius 2 is 2.06 bits per heavy atom. The van der Waals surface area contributed by atoms with Gasteiger partial charge in [-0.25, -0.2) is 8.42 Å². The van der Waals surface area contributed by atoms with Crippen LogP contribution in [0.5, 0.6) is 0 Å². The Hall–Kier alpha value is -0.130. The Balaban J connectivity index is 2.15. The molecule has 1 rings (SSSR count). The van der Waals surface area contributed by atoms with Crippen molar-refractivity contribution in [3.8, 4) is 0 Å². The summed E-state index contributed by atoms with van der Waals surface area (Å²) in [6, 6.07) is 0.444. The van der Waals surface area contributed by atoms with Crippen LogP contribution in [-0.4, -0.2) is 46.2 Å². The highest BCUT2D eigenvalue weighted by atomic mass is 32.2. The van der Waals surface area contributed by atoms with Crippen molar-refractivity contribution in [2.24, 2.45) is 5.92 Å². The van der Waals surface area contributed by atoms with Crippen molar-refractivity contribution in [2.75, 3.05) is 25.7 Å². The molecule has 0 amide bonds. The molecule has 0 bridgehead atoms. The minimum atomic E-state index is -2.81. The van der Waals surface area contributed by atoms with Gasteiger partial charge in [-0.1, -0.05) is 0 Å². The standard InChI is InChI=1S/C13H27NO3S/c1-4-17-13-9-11(10-13)8-12(14-2)6-5-7-18(3,15)16/h11-14H,4-10H2,1-3H3. The van der Waals surface area contributed by atoms with Gasteiger partial charge in [0.1, 0.15) is 9.84 Å². The average Bonchev–Trinajstić information content (AvgIpc) is 2.22. The van der Waals surface area contributed by atoms with E-state index in [1.165, 1.54) is 6.26 Å². The second-order valence-corrected chi connectivity index (χ2v) is 7.67. The summed E-state index contributed by atoms with van der Waals surface area (Å²) >= 11 is 0. The smallest absolute Gasteiger partial charge is 0.147 e. The molecule has 0 saturated heterocycles. The van der Waals surface area contributed by atoms with Crippen molar-refractivity contribution in [3.63, 3.8) is 0 Å². The summed E-state index contributed by atoms with van der Waals surface area (Å²) in [4.78, 5) is 0. The maximum absolute atomic E-state index is 11.1. The topological polar surface area (TPSA) is 55.4 Å². The quantitative estimate of drug-likeness (QED) is 0.695. The molecule has 0 aromatic carbocycles. The molecule has 1 unspecified atom stereocenters. The normalized spacial score (nSPS) is 25.7. The minimum Gasteiger partial charge on any atom is -0.378 e. The van der Waals surface area contributed by atoms with Crippen molar-refractivity contribution >= 4 is 9.84 Å². The van der Waals surface area contributed by atoms with Crippen LogP contribution in [0.2, 0.25) is 0 Å². The van der Waals surface area contributed by atoms with Crippen LogP contribution in [-0.2, 0) is 14.6 Å². The number of sulfone groups is 1. The SMILES string of the molecule is CCOC1CC(CC(CCCS(C)(=O)=O)NC)C1. The van der Waals surface area contributed by atoms with E-state index in [1.54, 1.807) is 0 Å². The van der Waals surface area contributed by atoms with Crippen LogP contribution < -0.4 is 5.32 Å². The molecular weight excluding hydrogens is 250 g/mol. The first-order valence-corrected chi connectivity index (χ1v) is 8.97. The summed E-state index contributed by atoms with van der Waals surface area (Å²) in [6.07, 6.45) is 6.94. The molecule has 5 heteroatoms. The van der Waals surface area contributed by atoms with E-state index >= 15 is 0 Å². The van der Waals surface area contributed by atoms with E-state index in [4.69, 9.17) is 4.74 Å². The molecule has 1 aliphatic carbocycles. The predicted octanol–water partition coefficient (Wildman–Crippen LogP) is 1.60. The first kappa shape index (κ1) is 15.9. The van der Waals surface area contributed by atoms with Gasteiger partial charge in [0.25, 0.3) is 0 Å². The van der Waals surface area contributed by atoms with Gasteiger partial charge < -0.3 is 10.1 Å². The molecule has 1 saturated carbocycles. The van der Waals surface area contributed by atoms with Gasteiger partial charge in [-0.15, -0.1) is 0 Å². The Labute approximate surface area is 111 Å². The van der Waals surface area contributed by atoms with Gasteiger partial charge in [-0.05, 0) is 52.0 Å². The molecule has 0 spiro atoms. The fraction of sp³-hybridized carbons (Fsp3) is 1.00. The van der Waals surface area contributed by atoms with Crippen LogP contribution in [0.15, 0.2) is 0 Å². The number of hydrogen-bond acceptors (Lipinski definition) is 4. The van der Waals surface area contributed by atoms with E-state index in [0.29, 0.717) is 17.9 Å². The van der Waals surface area contributed by atoms with Crippen molar-refractivity contribution in [2.45, 2.75) is 51.2 Å². The third kappa shape index (κ3) is 6.16. The predicted molar refractivity (Wildman–Crippen MR) is 74.5 cm³/mol. The molecule has 1 atom stereocenters. The van der Waals surface area contributed by atoms with Gasteiger partial charge in [-0.2, -0.15) is 0 Å². The fourth-order valence-electron chi connectivity index (χ4n) is 2.61. The minimum absolute atomic E-state index is 0.303. The molecule has 0 radical (unpaired) electrons. The molecule has 1 fully saturated rings. The zero-order chi connectivity index (χ0) is 13.6. The van der Waals surface area contributed by atoms with Gasteiger partial charge in [0.2, 0.25) is 0 Å². The van der Waals surface area contributed by atoms with Gasteiger partial charge >= 0.3 is 0 Å². The van der Waals surface area contributed by atoms with E-state index in [9.17, 15) is 8.42 Å². The zero-order valence-corrected chi connectivity index (χ0v) is 12.6. The van der Waals surface area contributed by atoms with Crippen molar-refractivity contribution < 1.29 is 13.2 Å². The Kier molecular flexibility index (Phi) is 6.60. The highest BCUT2D eigenvalue weighted by Crippen LogP contribution is 2.34. The monoisotopic (exact) mass is 277 g/mol.